The number of aliphatic hydroxyl groups is 1. The van der Waals surface area contributed by atoms with E-state index in [4.69, 9.17) is 0 Å². The molecule has 2 aliphatic heterocycles. The number of carbonyl (C=O) groups is 1. The Morgan fingerprint density at radius 1 is 1.05 bits per heavy atom. The topological polar surface area (TPSA) is 47.0 Å². The first-order valence-electron chi connectivity index (χ1n) is 7.84. The standard InChI is InChI=1S/C15H29N3O2/c1-13-4-6-17(7-5-13)14(19)18-10-8-16(9-11-18)12-15(2,3)20/h13,20H,4-12H2,1-3H3. The van der Waals surface area contributed by atoms with E-state index in [1.54, 1.807) is 0 Å². The molecule has 0 saturated carbocycles. The molecule has 0 spiro atoms. The van der Waals surface area contributed by atoms with Crippen LogP contribution in [0.3, 0.4) is 0 Å². The van der Waals surface area contributed by atoms with E-state index in [0.29, 0.717) is 6.54 Å². The van der Waals surface area contributed by atoms with Crippen molar-refractivity contribution in [2.24, 2.45) is 5.92 Å². The number of hydrogen-bond donors (Lipinski definition) is 1. The number of amides is 2. The van der Waals surface area contributed by atoms with Crippen LogP contribution in [0.5, 0.6) is 0 Å². The Hall–Kier alpha value is -0.810. The molecular formula is C15H29N3O2. The van der Waals surface area contributed by atoms with Crippen molar-refractivity contribution in [3.63, 3.8) is 0 Å². The fraction of sp³-hybridized carbons (Fsp3) is 0.933. The van der Waals surface area contributed by atoms with Gasteiger partial charge in [-0.2, -0.15) is 0 Å². The summed E-state index contributed by atoms with van der Waals surface area (Å²) in [5, 5.41) is 9.84. The van der Waals surface area contributed by atoms with Crippen LogP contribution >= 0.6 is 0 Å². The van der Waals surface area contributed by atoms with Crippen LogP contribution in [0, 0.1) is 5.92 Å². The number of β-amino-alcohol motifs (C(OH)–C–C–N with tert-alkyl or cyclic N) is 1. The molecule has 2 saturated heterocycles. The lowest BCUT2D eigenvalue weighted by Gasteiger charge is -2.40. The molecule has 0 unspecified atom stereocenters. The zero-order valence-corrected chi connectivity index (χ0v) is 13.1. The zero-order valence-electron chi connectivity index (χ0n) is 13.1. The lowest BCUT2D eigenvalue weighted by molar-refractivity contribution is 0.0197. The second-order valence-corrected chi connectivity index (χ2v) is 7.03. The van der Waals surface area contributed by atoms with Gasteiger partial charge in [0.05, 0.1) is 5.60 Å². The van der Waals surface area contributed by atoms with E-state index in [1.807, 2.05) is 23.6 Å². The van der Waals surface area contributed by atoms with Gasteiger partial charge in [-0.3, -0.25) is 4.90 Å². The van der Waals surface area contributed by atoms with Gasteiger partial charge >= 0.3 is 6.03 Å². The van der Waals surface area contributed by atoms with Crippen LogP contribution in [-0.2, 0) is 0 Å². The molecule has 1 N–H and O–H groups in total. The highest BCUT2D eigenvalue weighted by atomic mass is 16.3. The van der Waals surface area contributed by atoms with E-state index >= 15 is 0 Å². The summed E-state index contributed by atoms with van der Waals surface area (Å²) < 4.78 is 0. The minimum Gasteiger partial charge on any atom is -0.389 e. The van der Waals surface area contributed by atoms with E-state index in [0.717, 1.165) is 58.0 Å². The Balaban J connectivity index is 1.77. The maximum atomic E-state index is 12.4. The van der Waals surface area contributed by atoms with Crippen molar-refractivity contribution < 1.29 is 9.90 Å². The highest BCUT2D eigenvalue weighted by Gasteiger charge is 2.28. The monoisotopic (exact) mass is 283 g/mol. The molecule has 116 valence electrons. The molecule has 0 aromatic heterocycles. The van der Waals surface area contributed by atoms with Crippen LogP contribution in [0.15, 0.2) is 0 Å². The summed E-state index contributed by atoms with van der Waals surface area (Å²) in [6, 6.07) is 0.208. The van der Waals surface area contributed by atoms with E-state index < -0.39 is 5.60 Å². The smallest absolute Gasteiger partial charge is 0.320 e. The van der Waals surface area contributed by atoms with Crippen LogP contribution in [-0.4, -0.2) is 77.3 Å². The number of urea groups is 1. The molecule has 0 aliphatic carbocycles. The van der Waals surface area contributed by atoms with Gasteiger partial charge < -0.3 is 14.9 Å². The van der Waals surface area contributed by atoms with E-state index in [9.17, 15) is 9.90 Å². The number of piperidine rings is 1. The van der Waals surface area contributed by atoms with Gasteiger partial charge in [0, 0.05) is 45.8 Å². The average molecular weight is 283 g/mol. The largest absolute Gasteiger partial charge is 0.389 e. The third-order valence-corrected chi connectivity index (χ3v) is 4.31. The summed E-state index contributed by atoms with van der Waals surface area (Å²) >= 11 is 0. The predicted molar refractivity (Wildman–Crippen MR) is 79.7 cm³/mol. The Labute approximate surface area is 122 Å². The third kappa shape index (κ3) is 4.35. The molecule has 0 aromatic carbocycles. The molecule has 2 fully saturated rings. The molecule has 2 aliphatic rings. The number of hydrogen-bond acceptors (Lipinski definition) is 3. The summed E-state index contributed by atoms with van der Waals surface area (Å²) in [7, 11) is 0. The molecule has 2 rings (SSSR count). The lowest BCUT2D eigenvalue weighted by Crippen LogP contribution is -2.55. The summed E-state index contributed by atoms with van der Waals surface area (Å²) in [5.74, 6) is 0.752. The van der Waals surface area contributed by atoms with Crippen LogP contribution in [0.1, 0.15) is 33.6 Å². The minimum absolute atomic E-state index is 0.208. The molecule has 0 radical (unpaired) electrons. The Bertz CT molecular complexity index is 325. The zero-order chi connectivity index (χ0) is 14.8. The molecule has 0 bridgehead atoms. The van der Waals surface area contributed by atoms with Crippen LogP contribution in [0.4, 0.5) is 4.79 Å². The molecule has 0 aromatic rings. The minimum atomic E-state index is -0.658. The number of carbonyl (C=O) groups excluding carboxylic acids is 1. The van der Waals surface area contributed by atoms with Crippen molar-refractivity contribution in [3.05, 3.63) is 0 Å². The van der Waals surface area contributed by atoms with Crippen LogP contribution < -0.4 is 0 Å². The van der Waals surface area contributed by atoms with Gasteiger partial charge in [0.25, 0.3) is 0 Å². The fourth-order valence-corrected chi connectivity index (χ4v) is 3.04. The highest BCUT2D eigenvalue weighted by Crippen LogP contribution is 2.18. The van der Waals surface area contributed by atoms with Crippen molar-refractivity contribution in [1.82, 2.24) is 14.7 Å². The maximum absolute atomic E-state index is 12.4. The van der Waals surface area contributed by atoms with Gasteiger partial charge in [-0.15, -0.1) is 0 Å². The van der Waals surface area contributed by atoms with E-state index in [-0.39, 0.29) is 6.03 Å². The van der Waals surface area contributed by atoms with Crippen molar-refractivity contribution in [2.45, 2.75) is 39.2 Å². The molecule has 5 nitrogen and oxygen atoms in total. The maximum Gasteiger partial charge on any atom is 0.320 e. The average Bonchev–Trinajstić information content (AvgIpc) is 2.38. The highest BCUT2D eigenvalue weighted by molar-refractivity contribution is 5.74. The van der Waals surface area contributed by atoms with Crippen molar-refractivity contribution in [1.29, 1.82) is 0 Å². The van der Waals surface area contributed by atoms with Gasteiger partial charge in [0.15, 0.2) is 0 Å². The summed E-state index contributed by atoms with van der Waals surface area (Å²) in [6.07, 6.45) is 2.26. The van der Waals surface area contributed by atoms with Crippen LogP contribution in [0.25, 0.3) is 0 Å². The molecule has 5 heteroatoms. The second kappa shape index (κ2) is 6.31. The van der Waals surface area contributed by atoms with E-state index in [2.05, 4.69) is 11.8 Å². The van der Waals surface area contributed by atoms with Crippen molar-refractivity contribution >= 4 is 6.03 Å². The summed E-state index contributed by atoms with van der Waals surface area (Å²) in [6.45, 7) is 11.7. The van der Waals surface area contributed by atoms with Gasteiger partial charge in [0.1, 0.15) is 0 Å². The first kappa shape index (κ1) is 15.6. The van der Waals surface area contributed by atoms with Crippen molar-refractivity contribution in [3.8, 4) is 0 Å². The molecular weight excluding hydrogens is 254 g/mol. The Kier molecular flexibility index (Phi) is 4.91. The van der Waals surface area contributed by atoms with Crippen molar-refractivity contribution in [2.75, 3.05) is 45.8 Å². The Morgan fingerprint density at radius 3 is 2.05 bits per heavy atom. The van der Waals surface area contributed by atoms with Gasteiger partial charge in [-0.1, -0.05) is 6.92 Å². The normalized spacial score (nSPS) is 23.2. The Morgan fingerprint density at radius 2 is 1.55 bits per heavy atom. The summed E-state index contributed by atoms with van der Waals surface area (Å²) in [5.41, 5.74) is -0.658. The first-order valence-corrected chi connectivity index (χ1v) is 7.84. The quantitative estimate of drug-likeness (QED) is 0.829. The van der Waals surface area contributed by atoms with E-state index in [1.165, 1.54) is 0 Å². The van der Waals surface area contributed by atoms with Gasteiger partial charge in [-0.25, -0.2) is 4.79 Å². The van der Waals surface area contributed by atoms with Crippen LogP contribution in [0.2, 0.25) is 0 Å². The summed E-state index contributed by atoms with van der Waals surface area (Å²) in [4.78, 5) is 18.6. The molecule has 2 amide bonds. The SMILES string of the molecule is CC1CCN(C(=O)N2CCN(CC(C)(C)O)CC2)CC1. The number of rotatable bonds is 2. The number of likely N-dealkylation sites (tertiary alicyclic amines) is 1. The van der Waals surface area contributed by atoms with Gasteiger partial charge in [0.2, 0.25) is 0 Å². The predicted octanol–water partition coefficient (Wildman–Crippen LogP) is 1.23. The van der Waals surface area contributed by atoms with Gasteiger partial charge in [-0.05, 0) is 32.6 Å². The third-order valence-electron chi connectivity index (χ3n) is 4.31. The molecule has 2 heterocycles. The molecule has 0 atom stereocenters. The number of piperazine rings is 1. The lowest BCUT2D eigenvalue weighted by atomic mass is 9.99. The number of nitrogens with zero attached hydrogens (tertiary/aromatic N) is 3. The second-order valence-electron chi connectivity index (χ2n) is 7.03. The first-order chi connectivity index (χ1) is 9.35. The fourth-order valence-electron chi connectivity index (χ4n) is 3.04. The molecule has 20 heavy (non-hydrogen) atoms.